The maximum Gasteiger partial charge on any atom is 0.255 e. The van der Waals surface area contributed by atoms with Gasteiger partial charge < -0.3 is 14.8 Å². The van der Waals surface area contributed by atoms with Crippen LogP contribution in [0.25, 0.3) is 0 Å². The smallest absolute Gasteiger partial charge is 0.255 e. The fourth-order valence-corrected chi connectivity index (χ4v) is 2.29. The Bertz CT molecular complexity index is 777. The minimum absolute atomic E-state index is 0.227. The van der Waals surface area contributed by atoms with Crippen LogP contribution in [0.4, 0.5) is 5.69 Å². The number of benzene rings is 2. The van der Waals surface area contributed by atoms with E-state index in [-0.39, 0.29) is 5.91 Å². The average Bonchev–Trinajstić information content (AvgIpc) is 2.62. The zero-order chi connectivity index (χ0) is 18.9. The molecule has 136 valence electrons. The molecular formula is C21H24N2O3. The van der Waals surface area contributed by atoms with E-state index < -0.39 is 0 Å². The molecule has 26 heavy (non-hydrogen) atoms. The van der Waals surface area contributed by atoms with Crippen LogP contribution in [0.1, 0.15) is 36.7 Å². The molecule has 0 aliphatic carbocycles. The number of nitriles is 1. The molecule has 0 saturated heterocycles. The molecule has 2 aromatic rings. The maximum absolute atomic E-state index is 12.5. The molecule has 0 radical (unpaired) electrons. The van der Waals surface area contributed by atoms with Crippen molar-refractivity contribution in [3.05, 3.63) is 53.6 Å². The molecule has 0 atom stereocenters. The number of nitrogens with one attached hydrogen (secondary N) is 1. The summed E-state index contributed by atoms with van der Waals surface area (Å²) in [6.45, 7) is 7.11. The third-order valence-electron chi connectivity index (χ3n) is 3.57. The van der Waals surface area contributed by atoms with Gasteiger partial charge >= 0.3 is 0 Å². The quantitative estimate of drug-likeness (QED) is 0.762. The molecular weight excluding hydrogens is 328 g/mol. The third kappa shape index (κ3) is 5.52. The van der Waals surface area contributed by atoms with Crippen LogP contribution in [0.15, 0.2) is 42.5 Å². The number of hydrogen-bond donors (Lipinski definition) is 1. The maximum atomic E-state index is 12.5. The predicted octanol–water partition coefficient (Wildman–Crippen LogP) is 4.44. The van der Waals surface area contributed by atoms with Crippen LogP contribution in [0, 0.1) is 17.2 Å². The van der Waals surface area contributed by atoms with E-state index in [1.807, 2.05) is 19.1 Å². The molecule has 0 aromatic heterocycles. The van der Waals surface area contributed by atoms with Crippen molar-refractivity contribution in [2.24, 2.45) is 5.92 Å². The van der Waals surface area contributed by atoms with Gasteiger partial charge in [0, 0.05) is 11.3 Å². The highest BCUT2D eigenvalue weighted by Gasteiger charge is 2.12. The molecule has 5 heteroatoms. The van der Waals surface area contributed by atoms with Gasteiger partial charge in [0.25, 0.3) is 5.91 Å². The number of carbonyl (C=O) groups excluding carboxylic acids is 1. The van der Waals surface area contributed by atoms with Crippen LogP contribution in [0.3, 0.4) is 0 Å². The van der Waals surface area contributed by atoms with E-state index in [4.69, 9.17) is 14.7 Å². The van der Waals surface area contributed by atoms with Gasteiger partial charge in [-0.1, -0.05) is 26.0 Å². The molecule has 0 bridgehead atoms. The van der Waals surface area contributed by atoms with Gasteiger partial charge in [-0.3, -0.25) is 4.79 Å². The number of ether oxygens (including phenoxy) is 2. The number of amides is 1. The summed E-state index contributed by atoms with van der Waals surface area (Å²) in [4.78, 5) is 12.5. The molecule has 0 unspecified atom stereocenters. The van der Waals surface area contributed by atoms with Gasteiger partial charge in [0.05, 0.1) is 25.7 Å². The van der Waals surface area contributed by atoms with Crippen LogP contribution < -0.4 is 14.8 Å². The molecule has 5 nitrogen and oxygen atoms in total. The van der Waals surface area contributed by atoms with Crippen LogP contribution in [-0.4, -0.2) is 19.1 Å². The Kier molecular flexibility index (Phi) is 7.04. The van der Waals surface area contributed by atoms with E-state index in [0.717, 1.165) is 5.56 Å². The second-order valence-electron chi connectivity index (χ2n) is 6.29. The van der Waals surface area contributed by atoms with Crippen molar-refractivity contribution >= 4 is 11.6 Å². The van der Waals surface area contributed by atoms with Crippen molar-refractivity contribution < 1.29 is 14.3 Å². The van der Waals surface area contributed by atoms with Gasteiger partial charge in [-0.2, -0.15) is 5.26 Å². The Hall–Kier alpha value is -3.00. The molecule has 2 rings (SSSR count). The first kappa shape index (κ1) is 19.3. The lowest BCUT2D eigenvalue weighted by Crippen LogP contribution is -2.13. The monoisotopic (exact) mass is 352 g/mol. The summed E-state index contributed by atoms with van der Waals surface area (Å²) in [6, 6.07) is 14.5. The van der Waals surface area contributed by atoms with Gasteiger partial charge in [0.15, 0.2) is 11.5 Å². The molecule has 2 aromatic carbocycles. The van der Waals surface area contributed by atoms with E-state index in [0.29, 0.717) is 48.3 Å². The van der Waals surface area contributed by atoms with E-state index in [9.17, 15) is 4.79 Å². The highest BCUT2D eigenvalue weighted by molar-refractivity contribution is 6.04. The first-order valence-corrected chi connectivity index (χ1v) is 8.70. The summed E-state index contributed by atoms with van der Waals surface area (Å²) in [5, 5.41) is 11.6. The Morgan fingerprint density at radius 2 is 1.85 bits per heavy atom. The number of anilines is 1. The van der Waals surface area contributed by atoms with Crippen LogP contribution in [-0.2, 0) is 6.42 Å². The zero-order valence-electron chi connectivity index (χ0n) is 15.4. The molecule has 0 saturated carbocycles. The lowest BCUT2D eigenvalue weighted by Gasteiger charge is -2.14. The van der Waals surface area contributed by atoms with Gasteiger partial charge in [-0.25, -0.2) is 0 Å². The summed E-state index contributed by atoms with van der Waals surface area (Å²) in [5.74, 6) is 1.37. The summed E-state index contributed by atoms with van der Waals surface area (Å²) in [5.41, 5.74) is 2.08. The van der Waals surface area contributed by atoms with Crippen molar-refractivity contribution in [2.45, 2.75) is 27.2 Å². The van der Waals surface area contributed by atoms with Crippen molar-refractivity contribution in [3.8, 4) is 17.6 Å². The topological polar surface area (TPSA) is 71.3 Å². The normalized spacial score (nSPS) is 10.3. The van der Waals surface area contributed by atoms with E-state index in [2.05, 4.69) is 25.2 Å². The molecule has 0 aliphatic heterocycles. The average molecular weight is 352 g/mol. The van der Waals surface area contributed by atoms with Crippen molar-refractivity contribution in [1.82, 2.24) is 0 Å². The first-order chi connectivity index (χ1) is 12.5. The Morgan fingerprint density at radius 1 is 1.12 bits per heavy atom. The first-order valence-electron chi connectivity index (χ1n) is 8.70. The predicted molar refractivity (Wildman–Crippen MR) is 102 cm³/mol. The van der Waals surface area contributed by atoms with Crippen LogP contribution in [0.5, 0.6) is 11.5 Å². The largest absolute Gasteiger partial charge is 0.490 e. The molecule has 0 aliphatic rings. The van der Waals surface area contributed by atoms with Gasteiger partial charge in [-0.05, 0) is 48.7 Å². The second kappa shape index (κ2) is 9.47. The van der Waals surface area contributed by atoms with Crippen LogP contribution in [0.2, 0.25) is 0 Å². The fourth-order valence-electron chi connectivity index (χ4n) is 2.29. The molecule has 1 amide bonds. The zero-order valence-corrected chi connectivity index (χ0v) is 15.4. The van der Waals surface area contributed by atoms with E-state index in [1.54, 1.807) is 30.3 Å². The molecule has 0 fully saturated rings. The Morgan fingerprint density at radius 3 is 2.46 bits per heavy atom. The lowest BCUT2D eigenvalue weighted by atomic mass is 10.1. The van der Waals surface area contributed by atoms with Gasteiger partial charge in [-0.15, -0.1) is 0 Å². The Labute approximate surface area is 154 Å². The van der Waals surface area contributed by atoms with Crippen molar-refractivity contribution in [1.29, 1.82) is 5.26 Å². The van der Waals surface area contributed by atoms with E-state index in [1.165, 1.54) is 0 Å². The number of rotatable bonds is 8. The number of hydrogen-bond acceptors (Lipinski definition) is 4. The van der Waals surface area contributed by atoms with Crippen molar-refractivity contribution in [3.63, 3.8) is 0 Å². The second-order valence-corrected chi connectivity index (χ2v) is 6.29. The minimum atomic E-state index is -0.227. The third-order valence-corrected chi connectivity index (χ3v) is 3.57. The highest BCUT2D eigenvalue weighted by atomic mass is 16.5. The minimum Gasteiger partial charge on any atom is -0.490 e. The summed E-state index contributed by atoms with van der Waals surface area (Å²) < 4.78 is 11.4. The summed E-state index contributed by atoms with van der Waals surface area (Å²) in [6.07, 6.45) is 0.351. The van der Waals surface area contributed by atoms with Gasteiger partial charge in [0.1, 0.15) is 0 Å². The van der Waals surface area contributed by atoms with Crippen molar-refractivity contribution in [2.75, 3.05) is 18.5 Å². The lowest BCUT2D eigenvalue weighted by molar-refractivity contribution is 0.102. The number of nitrogens with zero attached hydrogens (tertiary/aromatic N) is 1. The SMILES string of the molecule is CCOc1cc(C(=O)Nc2ccc(CC#N)cc2)ccc1OCC(C)C. The molecule has 0 heterocycles. The van der Waals surface area contributed by atoms with Gasteiger partial charge in [0.2, 0.25) is 0 Å². The fraction of sp³-hybridized carbons (Fsp3) is 0.333. The molecule has 0 spiro atoms. The van der Waals surface area contributed by atoms with Crippen LogP contribution >= 0.6 is 0 Å². The number of carbonyl (C=O) groups is 1. The Balaban J connectivity index is 2.12. The van der Waals surface area contributed by atoms with E-state index >= 15 is 0 Å². The highest BCUT2D eigenvalue weighted by Crippen LogP contribution is 2.29. The summed E-state index contributed by atoms with van der Waals surface area (Å²) in [7, 11) is 0. The summed E-state index contributed by atoms with van der Waals surface area (Å²) >= 11 is 0. The standard InChI is InChI=1S/C21H24N2O3/c1-4-25-20-13-17(7-10-19(20)26-14-15(2)3)21(24)23-18-8-5-16(6-9-18)11-12-22/h5-10,13,15H,4,11,14H2,1-3H3,(H,23,24). The molecule has 1 N–H and O–H groups in total.